The van der Waals surface area contributed by atoms with Gasteiger partial charge in [0.2, 0.25) is 0 Å². The molecule has 0 saturated carbocycles. The molecule has 2 rings (SSSR count). The Bertz CT molecular complexity index is 367. The summed E-state index contributed by atoms with van der Waals surface area (Å²) in [4.78, 5) is 15.2. The topological polar surface area (TPSA) is 74.3 Å². The molecule has 2 heterocycles. The number of ether oxygens (including phenoxy) is 2. The summed E-state index contributed by atoms with van der Waals surface area (Å²) in [6.45, 7) is 11.0. The molecule has 0 aromatic rings. The molecule has 1 amide bonds. The van der Waals surface area contributed by atoms with Crippen molar-refractivity contribution in [3.05, 3.63) is 0 Å². The lowest BCUT2D eigenvalue weighted by molar-refractivity contribution is -0.0586. The Morgan fingerprint density at radius 2 is 2.27 bits per heavy atom. The number of amides is 1. The van der Waals surface area contributed by atoms with Crippen LogP contribution in [0.5, 0.6) is 0 Å². The number of carbonyl (C=O) groups is 1. The van der Waals surface area contributed by atoms with E-state index in [-0.39, 0.29) is 24.2 Å². The van der Waals surface area contributed by atoms with E-state index in [0.717, 1.165) is 19.7 Å². The minimum Gasteiger partial charge on any atom is -0.465 e. The lowest BCUT2D eigenvalue weighted by Gasteiger charge is -2.42. The molecule has 2 fully saturated rings. The number of nitrogens with one attached hydrogen (secondary N) is 1. The molecular weight excluding hydrogens is 286 g/mol. The third-order valence-electron chi connectivity index (χ3n) is 4.32. The molecule has 0 spiro atoms. The third kappa shape index (κ3) is 4.81. The standard InChI is InChI=1S/C15H29N3O4/c1-11(2)22-10-14-9-21-5-4-17(14)7-13-8-18(15(19)20)12(3)6-16-13/h11-14,16H,4-10H2,1-3H3,(H,19,20)/t12-,13+,14+/m1/s1. The van der Waals surface area contributed by atoms with Crippen molar-refractivity contribution < 1.29 is 19.4 Å². The van der Waals surface area contributed by atoms with E-state index in [4.69, 9.17) is 9.47 Å². The van der Waals surface area contributed by atoms with Crippen LogP contribution in [0.4, 0.5) is 4.79 Å². The molecule has 0 aliphatic carbocycles. The monoisotopic (exact) mass is 315 g/mol. The highest BCUT2D eigenvalue weighted by atomic mass is 16.5. The maximum Gasteiger partial charge on any atom is 0.407 e. The largest absolute Gasteiger partial charge is 0.465 e. The predicted molar refractivity (Wildman–Crippen MR) is 83.3 cm³/mol. The second kappa shape index (κ2) is 8.10. The first-order valence-corrected chi connectivity index (χ1v) is 8.13. The van der Waals surface area contributed by atoms with Gasteiger partial charge in [-0.2, -0.15) is 0 Å². The molecule has 0 aromatic heterocycles. The molecule has 0 bridgehead atoms. The van der Waals surface area contributed by atoms with Gasteiger partial charge in [0.25, 0.3) is 0 Å². The third-order valence-corrected chi connectivity index (χ3v) is 4.32. The number of piperazine rings is 1. The van der Waals surface area contributed by atoms with Crippen LogP contribution in [0, 0.1) is 0 Å². The van der Waals surface area contributed by atoms with Gasteiger partial charge in [-0.05, 0) is 20.8 Å². The van der Waals surface area contributed by atoms with Gasteiger partial charge < -0.3 is 24.8 Å². The summed E-state index contributed by atoms with van der Waals surface area (Å²) in [5.41, 5.74) is 0. The lowest BCUT2D eigenvalue weighted by atomic mass is 10.1. The number of morpholine rings is 1. The van der Waals surface area contributed by atoms with Crippen LogP contribution in [0.25, 0.3) is 0 Å². The highest BCUT2D eigenvalue weighted by Crippen LogP contribution is 2.13. The zero-order valence-corrected chi connectivity index (χ0v) is 13.8. The van der Waals surface area contributed by atoms with E-state index in [9.17, 15) is 9.90 Å². The van der Waals surface area contributed by atoms with E-state index in [1.807, 2.05) is 20.8 Å². The highest BCUT2D eigenvalue weighted by molar-refractivity contribution is 5.65. The quantitative estimate of drug-likeness (QED) is 0.767. The molecule has 0 unspecified atom stereocenters. The summed E-state index contributed by atoms with van der Waals surface area (Å²) in [6.07, 6.45) is -0.624. The fourth-order valence-corrected chi connectivity index (χ4v) is 2.99. The van der Waals surface area contributed by atoms with Crippen LogP contribution in [0.1, 0.15) is 20.8 Å². The van der Waals surface area contributed by atoms with Gasteiger partial charge >= 0.3 is 6.09 Å². The van der Waals surface area contributed by atoms with Gasteiger partial charge in [-0.25, -0.2) is 4.79 Å². The number of nitrogens with zero attached hydrogens (tertiary/aromatic N) is 2. The maximum atomic E-state index is 11.3. The summed E-state index contributed by atoms with van der Waals surface area (Å²) in [7, 11) is 0. The second-order valence-corrected chi connectivity index (χ2v) is 6.49. The Hall–Kier alpha value is -0.890. The normalized spacial score (nSPS) is 30.7. The molecule has 2 aliphatic heterocycles. The number of carboxylic acid groups (broad SMARTS) is 1. The first kappa shape index (κ1) is 17.5. The summed E-state index contributed by atoms with van der Waals surface area (Å²) >= 11 is 0. The SMILES string of the molecule is CC(C)OC[C@@H]1COCCN1C[C@H]1CN(C(=O)O)[C@H](C)CN1. The number of hydrogen-bond acceptors (Lipinski definition) is 5. The zero-order valence-electron chi connectivity index (χ0n) is 13.8. The van der Waals surface area contributed by atoms with Gasteiger partial charge in [-0.15, -0.1) is 0 Å². The molecule has 0 aromatic carbocycles. The van der Waals surface area contributed by atoms with Crippen molar-refractivity contribution in [3.8, 4) is 0 Å². The van der Waals surface area contributed by atoms with Crippen molar-refractivity contribution >= 4 is 6.09 Å². The molecule has 2 saturated heterocycles. The first-order chi connectivity index (χ1) is 10.5. The van der Waals surface area contributed by atoms with Crippen LogP contribution >= 0.6 is 0 Å². The molecular formula is C15H29N3O4. The minimum absolute atomic E-state index is 0.0264. The van der Waals surface area contributed by atoms with Crippen LogP contribution in [0.2, 0.25) is 0 Å². The predicted octanol–water partition coefficient (Wildman–Crippen LogP) is 0.453. The van der Waals surface area contributed by atoms with Crippen molar-refractivity contribution in [2.24, 2.45) is 0 Å². The van der Waals surface area contributed by atoms with Crippen LogP contribution in [0.15, 0.2) is 0 Å². The van der Waals surface area contributed by atoms with Crippen LogP contribution < -0.4 is 5.32 Å². The van der Waals surface area contributed by atoms with E-state index in [0.29, 0.717) is 26.3 Å². The second-order valence-electron chi connectivity index (χ2n) is 6.49. The van der Waals surface area contributed by atoms with Crippen LogP contribution in [-0.4, -0.2) is 91.2 Å². The maximum absolute atomic E-state index is 11.3. The van der Waals surface area contributed by atoms with Gasteiger partial charge in [-0.3, -0.25) is 4.90 Å². The Labute approximate surface area is 132 Å². The van der Waals surface area contributed by atoms with E-state index < -0.39 is 6.09 Å². The van der Waals surface area contributed by atoms with E-state index in [2.05, 4.69) is 10.2 Å². The Balaban J connectivity index is 1.88. The molecule has 2 N–H and O–H groups in total. The van der Waals surface area contributed by atoms with Gasteiger partial charge in [0.1, 0.15) is 0 Å². The van der Waals surface area contributed by atoms with Crippen molar-refractivity contribution in [2.75, 3.05) is 46.0 Å². The molecule has 7 heteroatoms. The molecule has 0 radical (unpaired) electrons. The van der Waals surface area contributed by atoms with Gasteiger partial charge in [-0.1, -0.05) is 0 Å². The van der Waals surface area contributed by atoms with Crippen LogP contribution in [-0.2, 0) is 9.47 Å². The summed E-state index contributed by atoms with van der Waals surface area (Å²) in [5, 5.41) is 12.7. The van der Waals surface area contributed by atoms with Gasteiger partial charge in [0.15, 0.2) is 0 Å². The Morgan fingerprint density at radius 1 is 1.50 bits per heavy atom. The van der Waals surface area contributed by atoms with E-state index in [1.54, 1.807) is 0 Å². The lowest BCUT2D eigenvalue weighted by Crippen LogP contribution is -2.62. The average Bonchev–Trinajstić information content (AvgIpc) is 2.48. The summed E-state index contributed by atoms with van der Waals surface area (Å²) in [5.74, 6) is 0. The average molecular weight is 315 g/mol. The zero-order chi connectivity index (χ0) is 16.1. The first-order valence-electron chi connectivity index (χ1n) is 8.13. The van der Waals surface area contributed by atoms with Crippen molar-refractivity contribution in [1.82, 2.24) is 15.1 Å². The number of rotatable bonds is 5. The fraction of sp³-hybridized carbons (Fsp3) is 0.933. The van der Waals surface area contributed by atoms with Crippen molar-refractivity contribution in [2.45, 2.75) is 45.0 Å². The fourth-order valence-electron chi connectivity index (χ4n) is 2.99. The van der Waals surface area contributed by atoms with E-state index >= 15 is 0 Å². The van der Waals surface area contributed by atoms with Gasteiger partial charge in [0, 0.05) is 38.3 Å². The Morgan fingerprint density at radius 3 is 2.95 bits per heavy atom. The van der Waals surface area contributed by atoms with E-state index in [1.165, 1.54) is 4.90 Å². The smallest absolute Gasteiger partial charge is 0.407 e. The highest BCUT2D eigenvalue weighted by Gasteiger charge is 2.32. The Kier molecular flexibility index (Phi) is 6.43. The van der Waals surface area contributed by atoms with Crippen molar-refractivity contribution in [1.29, 1.82) is 0 Å². The molecule has 128 valence electrons. The number of hydrogen-bond donors (Lipinski definition) is 2. The van der Waals surface area contributed by atoms with Crippen molar-refractivity contribution in [3.63, 3.8) is 0 Å². The summed E-state index contributed by atoms with van der Waals surface area (Å²) in [6, 6.07) is 0.432. The molecule has 3 atom stereocenters. The van der Waals surface area contributed by atoms with Crippen LogP contribution in [0.3, 0.4) is 0 Å². The molecule has 7 nitrogen and oxygen atoms in total. The minimum atomic E-state index is -0.833. The summed E-state index contributed by atoms with van der Waals surface area (Å²) < 4.78 is 11.3. The van der Waals surface area contributed by atoms with Gasteiger partial charge in [0.05, 0.1) is 32.0 Å². The molecule has 2 aliphatic rings. The molecule has 22 heavy (non-hydrogen) atoms.